The predicted molar refractivity (Wildman–Crippen MR) is 68.0 cm³/mol. The Hall–Kier alpha value is -1.60. The second kappa shape index (κ2) is 7.86. The minimum absolute atomic E-state index is 0.0866. The molecule has 1 atom stereocenters. The van der Waals surface area contributed by atoms with Gasteiger partial charge in [0, 0.05) is 12.6 Å². The molecule has 0 heterocycles. The van der Waals surface area contributed by atoms with Gasteiger partial charge in [0.1, 0.15) is 6.54 Å². The number of amides is 1. The van der Waals surface area contributed by atoms with E-state index in [1.54, 1.807) is 5.32 Å². The summed E-state index contributed by atoms with van der Waals surface area (Å²) in [5, 5.41) is 13.6. The smallest absolute Gasteiger partial charge is 0.396 e. The molecule has 1 aromatic carbocycles. The van der Waals surface area contributed by atoms with Crippen molar-refractivity contribution in [3.8, 4) is 0 Å². The molecule has 0 aliphatic carbocycles. The molecule has 0 spiro atoms. The molecule has 20 heavy (non-hydrogen) atoms. The summed E-state index contributed by atoms with van der Waals surface area (Å²) < 4.78 is 35.8. The van der Waals surface area contributed by atoms with Crippen molar-refractivity contribution in [2.24, 2.45) is 0 Å². The van der Waals surface area contributed by atoms with Gasteiger partial charge in [-0.2, -0.15) is 13.2 Å². The minimum Gasteiger partial charge on any atom is -0.396 e. The molecule has 0 aliphatic heterocycles. The molecule has 0 aromatic heterocycles. The number of aliphatic hydroxyl groups is 1. The third kappa shape index (κ3) is 6.53. The van der Waals surface area contributed by atoms with Crippen LogP contribution < -0.4 is 10.6 Å². The molecule has 4 nitrogen and oxygen atoms in total. The number of carbonyl (C=O) groups excluding carboxylic acids is 1. The molecule has 112 valence electrons. The predicted octanol–water partition coefficient (Wildman–Crippen LogP) is 1.38. The second-order valence-electron chi connectivity index (χ2n) is 4.25. The van der Waals surface area contributed by atoms with Crippen LogP contribution in [-0.4, -0.2) is 36.9 Å². The maximum absolute atomic E-state index is 11.9. The van der Waals surface area contributed by atoms with Crippen LogP contribution in [0.3, 0.4) is 0 Å². The van der Waals surface area contributed by atoms with Gasteiger partial charge in [0.25, 0.3) is 0 Å². The zero-order valence-corrected chi connectivity index (χ0v) is 10.8. The molecule has 0 saturated carbocycles. The lowest BCUT2D eigenvalue weighted by molar-refractivity contribution is -0.138. The monoisotopic (exact) mass is 290 g/mol. The Morgan fingerprint density at radius 1 is 1.25 bits per heavy atom. The van der Waals surface area contributed by atoms with Crippen LogP contribution in [0, 0.1) is 0 Å². The van der Waals surface area contributed by atoms with Crippen LogP contribution >= 0.6 is 0 Å². The van der Waals surface area contributed by atoms with Crippen molar-refractivity contribution < 1.29 is 23.1 Å². The highest BCUT2D eigenvalue weighted by atomic mass is 19.4. The zero-order chi connectivity index (χ0) is 15.0. The minimum atomic E-state index is -4.42. The number of carbonyl (C=O) groups is 1. The highest BCUT2D eigenvalue weighted by Gasteiger charge is 2.27. The number of hydrogen-bond acceptors (Lipinski definition) is 3. The molecule has 0 aliphatic rings. The van der Waals surface area contributed by atoms with Gasteiger partial charge < -0.3 is 15.7 Å². The van der Waals surface area contributed by atoms with Crippen molar-refractivity contribution in [2.75, 3.05) is 19.7 Å². The summed E-state index contributed by atoms with van der Waals surface area (Å²) in [6.45, 7) is -1.67. The molecule has 1 amide bonds. The molecule has 1 rings (SSSR count). The van der Waals surface area contributed by atoms with Crippen LogP contribution in [0.2, 0.25) is 0 Å². The molecule has 1 aromatic rings. The standard InChI is InChI=1S/C13H17F3N2O2/c14-13(15,16)9-18-12(20)8-17-11(6-7-19)10-4-2-1-3-5-10/h1-5,11,17,19H,6-9H2,(H,18,20). The van der Waals surface area contributed by atoms with E-state index < -0.39 is 18.6 Å². The van der Waals surface area contributed by atoms with Gasteiger partial charge in [-0.15, -0.1) is 0 Å². The average molecular weight is 290 g/mol. The molecule has 7 heteroatoms. The van der Waals surface area contributed by atoms with Crippen molar-refractivity contribution in [3.63, 3.8) is 0 Å². The number of halogens is 3. The van der Waals surface area contributed by atoms with Gasteiger partial charge in [0.05, 0.1) is 6.54 Å². The van der Waals surface area contributed by atoms with Crippen LogP contribution in [-0.2, 0) is 4.79 Å². The number of alkyl halides is 3. The third-order valence-corrected chi connectivity index (χ3v) is 2.61. The summed E-state index contributed by atoms with van der Waals surface area (Å²) >= 11 is 0. The highest BCUT2D eigenvalue weighted by Crippen LogP contribution is 2.15. The zero-order valence-electron chi connectivity index (χ0n) is 10.8. The summed E-state index contributed by atoms with van der Waals surface area (Å²) in [6.07, 6.45) is -4.05. The van der Waals surface area contributed by atoms with E-state index in [0.29, 0.717) is 6.42 Å². The van der Waals surface area contributed by atoms with Crippen LogP contribution in [0.1, 0.15) is 18.0 Å². The molecule has 0 radical (unpaired) electrons. The fraction of sp³-hybridized carbons (Fsp3) is 0.462. The van der Waals surface area contributed by atoms with Gasteiger partial charge in [-0.25, -0.2) is 0 Å². The summed E-state index contributed by atoms with van der Waals surface area (Å²) in [6, 6.07) is 8.81. The molecule has 3 N–H and O–H groups in total. The van der Waals surface area contributed by atoms with E-state index >= 15 is 0 Å². The van der Waals surface area contributed by atoms with E-state index in [4.69, 9.17) is 5.11 Å². The number of rotatable bonds is 7. The average Bonchev–Trinajstić information content (AvgIpc) is 2.41. The summed E-state index contributed by atoms with van der Waals surface area (Å²) in [4.78, 5) is 11.3. The number of hydrogen-bond donors (Lipinski definition) is 3. The van der Waals surface area contributed by atoms with Crippen molar-refractivity contribution in [1.29, 1.82) is 0 Å². The van der Waals surface area contributed by atoms with Gasteiger partial charge in [-0.1, -0.05) is 30.3 Å². The van der Waals surface area contributed by atoms with E-state index in [-0.39, 0.29) is 19.2 Å². The molecular formula is C13H17F3N2O2. The SMILES string of the molecule is O=C(CNC(CCO)c1ccccc1)NCC(F)(F)F. The van der Waals surface area contributed by atoms with E-state index in [9.17, 15) is 18.0 Å². The van der Waals surface area contributed by atoms with E-state index in [2.05, 4.69) is 5.32 Å². The first-order valence-electron chi connectivity index (χ1n) is 6.15. The van der Waals surface area contributed by atoms with Crippen molar-refractivity contribution >= 4 is 5.91 Å². The Bertz CT molecular complexity index is 410. The Kier molecular flexibility index (Phi) is 6.47. The van der Waals surface area contributed by atoms with Crippen LogP contribution in [0.5, 0.6) is 0 Å². The molecule has 0 saturated heterocycles. The summed E-state index contributed by atoms with van der Waals surface area (Å²) in [7, 11) is 0. The lowest BCUT2D eigenvalue weighted by atomic mass is 10.0. The van der Waals surface area contributed by atoms with Crippen molar-refractivity contribution in [3.05, 3.63) is 35.9 Å². The van der Waals surface area contributed by atoms with Gasteiger partial charge in [-0.05, 0) is 12.0 Å². The molecule has 1 unspecified atom stereocenters. The number of benzene rings is 1. The van der Waals surface area contributed by atoms with Crippen molar-refractivity contribution in [2.45, 2.75) is 18.6 Å². The Labute approximate surface area is 115 Å². The third-order valence-electron chi connectivity index (χ3n) is 2.61. The van der Waals surface area contributed by atoms with E-state index in [1.807, 2.05) is 30.3 Å². The Morgan fingerprint density at radius 3 is 2.45 bits per heavy atom. The normalized spacial score (nSPS) is 13.0. The Morgan fingerprint density at radius 2 is 1.90 bits per heavy atom. The van der Waals surface area contributed by atoms with Crippen LogP contribution in [0.15, 0.2) is 30.3 Å². The topological polar surface area (TPSA) is 61.4 Å². The molecule has 0 fully saturated rings. The fourth-order valence-corrected chi connectivity index (χ4v) is 1.68. The lowest BCUT2D eigenvalue weighted by Crippen LogP contribution is -2.40. The van der Waals surface area contributed by atoms with Crippen LogP contribution in [0.4, 0.5) is 13.2 Å². The first-order valence-corrected chi connectivity index (χ1v) is 6.15. The summed E-state index contributed by atoms with van der Waals surface area (Å²) in [5.74, 6) is -0.735. The van der Waals surface area contributed by atoms with Gasteiger partial charge in [0.15, 0.2) is 0 Å². The van der Waals surface area contributed by atoms with Gasteiger partial charge in [-0.3, -0.25) is 4.79 Å². The van der Waals surface area contributed by atoms with Gasteiger partial charge >= 0.3 is 6.18 Å². The Balaban J connectivity index is 2.45. The summed E-state index contributed by atoms with van der Waals surface area (Å²) in [5.41, 5.74) is 0.866. The second-order valence-corrected chi connectivity index (χ2v) is 4.25. The largest absolute Gasteiger partial charge is 0.405 e. The maximum Gasteiger partial charge on any atom is 0.405 e. The highest BCUT2D eigenvalue weighted by molar-refractivity contribution is 5.78. The molecule has 0 bridgehead atoms. The first-order chi connectivity index (χ1) is 9.42. The number of nitrogens with one attached hydrogen (secondary N) is 2. The first kappa shape index (κ1) is 16.5. The molecular weight excluding hydrogens is 273 g/mol. The van der Waals surface area contributed by atoms with Gasteiger partial charge in [0.2, 0.25) is 5.91 Å². The van der Waals surface area contributed by atoms with Crippen LogP contribution in [0.25, 0.3) is 0 Å². The van der Waals surface area contributed by atoms with Crippen molar-refractivity contribution in [1.82, 2.24) is 10.6 Å². The quantitative estimate of drug-likeness (QED) is 0.711. The maximum atomic E-state index is 11.9. The van der Waals surface area contributed by atoms with E-state index in [1.165, 1.54) is 0 Å². The van der Waals surface area contributed by atoms with E-state index in [0.717, 1.165) is 5.56 Å². The number of aliphatic hydroxyl groups excluding tert-OH is 1. The fourth-order valence-electron chi connectivity index (χ4n) is 1.68. The lowest BCUT2D eigenvalue weighted by Gasteiger charge is -2.18.